The summed E-state index contributed by atoms with van der Waals surface area (Å²) < 4.78 is 26.7. The Balaban J connectivity index is 1.23. The van der Waals surface area contributed by atoms with Gasteiger partial charge in [-0.1, -0.05) is 24.6 Å². The van der Waals surface area contributed by atoms with E-state index in [0.717, 1.165) is 44.3 Å². The molecule has 1 amide bonds. The molecule has 1 atom stereocenters. The Labute approximate surface area is 177 Å². The minimum Gasteiger partial charge on any atom is -0.334 e. The molecule has 7 nitrogen and oxygen atoms in total. The average molecular weight is 427 g/mol. The maximum absolute atomic E-state index is 12.7. The Bertz CT molecular complexity index is 1040. The molecule has 4 rings (SSSR count). The Kier molecular flexibility index (Phi) is 6.13. The summed E-state index contributed by atoms with van der Waals surface area (Å²) in [5.74, 6) is 0.601. The summed E-state index contributed by atoms with van der Waals surface area (Å²) in [6.07, 6.45) is 6.77. The second kappa shape index (κ2) is 8.95. The number of nitrogens with one attached hydrogen (secondary N) is 1. The molecule has 0 bridgehead atoms. The fourth-order valence-electron chi connectivity index (χ4n) is 4.10. The maximum Gasteiger partial charge on any atom is 0.263 e. The number of hydrogen-bond donors (Lipinski definition) is 1. The van der Waals surface area contributed by atoms with Crippen LogP contribution in [0.15, 0.2) is 58.5 Å². The first-order valence-corrected chi connectivity index (χ1v) is 11.9. The fourth-order valence-corrected chi connectivity index (χ4v) is 5.35. The van der Waals surface area contributed by atoms with Crippen molar-refractivity contribution < 1.29 is 13.2 Å². The van der Waals surface area contributed by atoms with Crippen molar-refractivity contribution >= 4 is 21.8 Å². The van der Waals surface area contributed by atoms with E-state index in [1.54, 1.807) is 30.5 Å². The molecular weight excluding hydrogens is 400 g/mol. The molecule has 1 fully saturated rings. The lowest BCUT2D eigenvalue weighted by molar-refractivity contribution is -0.132. The van der Waals surface area contributed by atoms with Crippen LogP contribution in [0.5, 0.6) is 0 Å². The van der Waals surface area contributed by atoms with E-state index < -0.39 is 10.0 Å². The average Bonchev–Trinajstić information content (AvgIpc) is 3.34. The highest BCUT2D eigenvalue weighted by atomic mass is 32.2. The van der Waals surface area contributed by atoms with Crippen molar-refractivity contribution in [1.82, 2.24) is 14.6 Å². The summed E-state index contributed by atoms with van der Waals surface area (Å²) in [4.78, 5) is 23.8. The number of fused-ring (bicyclic) bond motifs is 1. The van der Waals surface area contributed by atoms with Gasteiger partial charge in [-0.05, 0) is 49.9 Å². The van der Waals surface area contributed by atoms with Crippen molar-refractivity contribution in [1.29, 1.82) is 0 Å². The molecule has 1 N–H and O–H groups in total. The molecule has 3 heterocycles. The van der Waals surface area contributed by atoms with E-state index in [-0.39, 0.29) is 16.8 Å². The van der Waals surface area contributed by atoms with Crippen molar-refractivity contribution in [3.63, 3.8) is 0 Å². The third-order valence-electron chi connectivity index (χ3n) is 5.58. The van der Waals surface area contributed by atoms with Gasteiger partial charge in [-0.25, -0.2) is 8.42 Å². The molecule has 2 aliphatic rings. The number of amidine groups is 1. The van der Waals surface area contributed by atoms with Gasteiger partial charge >= 0.3 is 0 Å². The van der Waals surface area contributed by atoms with Crippen LogP contribution >= 0.6 is 0 Å². The smallest absolute Gasteiger partial charge is 0.263 e. The number of benzene rings is 1. The Morgan fingerprint density at radius 2 is 1.97 bits per heavy atom. The number of pyridine rings is 1. The molecule has 0 saturated carbocycles. The van der Waals surface area contributed by atoms with Crippen LogP contribution in [0, 0.1) is 0 Å². The van der Waals surface area contributed by atoms with Gasteiger partial charge in [-0.2, -0.15) is 0 Å². The van der Waals surface area contributed by atoms with Crippen LogP contribution in [0.4, 0.5) is 0 Å². The number of sulfonamides is 1. The van der Waals surface area contributed by atoms with Crippen LogP contribution in [-0.2, 0) is 14.8 Å². The van der Waals surface area contributed by atoms with Crippen LogP contribution in [-0.4, -0.2) is 43.1 Å². The number of aliphatic imine (C=N–C) groups is 1. The van der Waals surface area contributed by atoms with Crippen molar-refractivity contribution in [3.8, 4) is 0 Å². The van der Waals surface area contributed by atoms with Crippen LogP contribution in [0.2, 0.25) is 0 Å². The Morgan fingerprint density at radius 1 is 1.13 bits per heavy atom. The number of unbranched alkanes of at least 4 members (excludes halogenated alkanes) is 2. The number of nitrogens with zero attached hydrogens (tertiary/aromatic N) is 3. The SMILES string of the molecule is O=C(CCCCCN=C1NS(=O)(=O)c2ccccc21)N1CCCC1c1ccccn1. The minimum atomic E-state index is -3.49. The zero-order chi connectivity index (χ0) is 21.0. The van der Waals surface area contributed by atoms with Crippen molar-refractivity contribution in [2.45, 2.75) is 49.5 Å². The predicted octanol–water partition coefficient (Wildman–Crippen LogP) is 3.04. The van der Waals surface area contributed by atoms with Gasteiger partial charge in [0.25, 0.3) is 10.0 Å². The molecule has 8 heteroatoms. The van der Waals surface area contributed by atoms with Crippen LogP contribution in [0.1, 0.15) is 55.8 Å². The van der Waals surface area contributed by atoms with Crippen molar-refractivity contribution in [2.75, 3.05) is 13.1 Å². The van der Waals surface area contributed by atoms with Gasteiger partial charge in [0.1, 0.15) is 5.84 Å². The van der Waals surface area contributed by atoms with Crippen LogP contribution < -0.4 is 4.72 Å². The van der Waals surface area contributed by atoms with Gasteiger partial charge in [0, 0.05) is 31.3 Å². The summed E-state index contributed by atoms with van der Waals surface area (Å²) >= 11 is 0. The number of rotatable bonds is 7. The number of hydrogen-bond acceptors (Lipinski definition) is 5. The van der Waals surface area contributed by atoms with E-state index in [9.17, 15) is 13.2 Å². The van der Waals surface area contributed by atoms with Gasteiger partial charge in [0.05, 0.1) is 16.6 Å². The van der Waals surface area contributed by atoms with Gasteiger partial charge in [-0.15, -0.1) is 0 Å². The van der Waals surface area contributed by atoms with E-state index in [1.165, 1.54) is 0 Å². The minimum absolute atomic E-state index is 0.0977. The van der Waals surface area contributed by atoms with Crippen LogP contribution in [0.25, 0.3) is 0 Å². The lowest BCUT2D eigenvalue weighted by Crippen LogP contribution is -2.30. The second-order valence-corrected chi connectivity index (χ2v) is 9.29. The molecule has 158 valence electrons. The number of amides is 1. The Morgan fingerprint density at radius 3 is 2.80 bits per heavy atom. The topological polar surface area (TPSA) is 91.7 Å². The van der Waals surface area contributed by atoms with Crippen molar-refractivity contribution in [3.05, 3.63) is 59.9 Å². The molecule has 1 saturated heterocycles. The quantitative estimate of drug-likeness (QED) is 0.689. The normalized spacial score (nSPS) is 20.9. The Hall–Kier alpha value is -2.74. The highest BCUT2D eigenvalue weighted by molar-refractivity contribution is 7.90. The van der Waals surface area contributed by atoms with Gasteiger partial charge in [0.2, 0.25) is 5.91 Å². The molecule has 0 aliphatic carbocycles. The monoisotopic (exact) mass is 426 g/mol. The lowest BCUT2D eigenvalue weighted by Gasteiger charge is -2.24. The van der Waals surface area contributed by atoms with E-state index in [0.29, 0.717) is 24.4 Å². The molecule has 1 aromatic heterocycles. The van der Waals surface area contributed by atoms with E-state index in [2.05, 4.69) is 14.7 Å². The molecule has 0 radical (unpaired) electrons. The molecule has 2 aliphatic heterocycles. The molecular formula is C22H26N4O3S. The van der Waals surface area contributed by atoms with Gasteiger partial charge < -0.3 is 4.90 Å². The summed E-state index contributed by atoms with van der Waals surface area (Å²) in [6.45, 7) is 1.33. The highest BCUT2D eigenvalue weighted by Crippen LogP contribution is 2.31. The van der Waals surface area contributed by atoms with Gasteiger partial charge in [-0.3, -0.25) is 19.5 Å². The summed E-state index contributed by atoms with van der Waals surface area (Å²) in [5.41, 5.74) is 1.60. The second-order valence-electron chi connectivity index (χ2n) is 7.64. The molecule has 1 unspecified atom stereocenters. The highest BCUT2D eigenvalue weighted by Gasteiger charge is 2.31. The van der Waals surface area contributed by atoms with E-state index in [4.69, 9.17) is 0 Å². The number of likely N-dealkylation sites (tertiary alicyclic amines) is 1. The summed E-state index contributed by atoms with van der Waals surface area (Å²) in [6, 6.07) is 12.8. The first-order chi connectivity index (χ1) is 14.6. The zero-order valence-electron chi connectivity index (χ0n) is 16.8. The molecule has 2 aromatic rings. The number of carbonyl (C=O) groups is 1. The van der Waals surface area contributed by atoms with Crippen LogP contribution in [0.3, 0.4) is 0 Å². The van der Waals surface area contributed by atoms with Crippen molar-refractivity contribution in [2.24, 2.45) is 4.99 Å². The van der Waals surface area contributed by atoms with E-state index in [1.807, 2.05) is 23.1 Å². The molecule has 1 aromatic carbocycles. The zero-order valence-corrected chi connectivity index (χ0v) is 17.6. The lowest BCUT2D eigenvalue weighted by atomic mass is 10.1. The summed E-state index contributed by atoms with van der Waals surface area (Å²) in [5, 5.41) is 0. The molecule has 30 heavy (non-hydrogen) atoms. The fraction of sp³-hybridized carbons (Fsp3) is 0.409. The summed E-state index contributed by atoms with van der Waals surface area (Å²) in [7, 11) is -3.49. The maximum atomic E-state index is 12.7. The van der Waals surface area contributed by atoms with E-state index >= 15 is 0 Å². The number of aromatic nitrogens is 1. The number of carbonyl (C=O) groups excluding carboxylic acids is 1. The van der Waals surface area contributed by atoms with Gasteiger partial charge in [0.15, 0.2) is 0 Å². The standard InChI is InChI=1S/C22H26N4O3S/c27-21(26-16-8-11-19(26)18-10-5-7-14-23-18)13-2-1-6-15-24-22-17-9-3-4-12-20(17)30(28,29)25-22/h3-5,7,9-10,12,14,19H,1-2,6,8,11,13,15-16H2,(H,24,25). The molecule has 0 spiro atoms. The third kappa shape index (κ3) is 4.38. The first-order valence-electron chi connectivity index (χ1n) is 10.4. The first kappa shape index (κ1) is 20.5. The third-order valence-corrected chi connectivity index (χ3v) is 6.98. The predicted molar refractivity (Wildman–Crippen MR) is 115 cm³/mol. The largest absolute Gasteiger partial charge is 0.334 e.